The normalized spacial score (nSPS) is 11.3. The molecule has 0 fully saturated rings. The van der Waals surface area contributed by atoms with Crippen molar-refractivity contribution in [3.63, 3.8) is 0 Å². The van der Waals surface area contributed by atoms with Gasteiger partial charge in [-0.25, -0.2) is 0 Å². The molecule has 2 rings (SSSR count). The lowest BCUT2D eigenvalue weighted by molar-refractivity contribution is -0.117. The predicted octanol–water partition coefficient (Wildman–Crippen LogP) is 4.29. The molecular formula is C22H31N3O2S. The Kier molecular flexibility index (Phi) is 8.20. The fourth-order valence-electron chi connectivity index (χ4n) is 2.75. The first-order chi connectivity index (χ1) is 13.3. The lowest BCUT2D eigenvalue weighted by Gasteiger charge is -2.25. The van der Waals surface area contributed by atoms with Crippen LogP contribution in [0.25, 0.3) is 0 Å². The van der Waals surface area contributed by atoms with E-state index in [0.717, 1.165) is 6.54 Å². The van der Waals surface area contributed by atoms with Gasteiger partial charge in [0.1, 0.15) is 0 Å². The molecule has 0 aliphatic carbocycles. The highest BCUT2D eigenvalue weighted by Gasteiger charge is 2.18. The molecule has 5 nitrogen and oxygen atoms in total. The Bertz CT molecular complexity index is 799. The molecule has 0 spiro atoms. The summed E-state index contributed by atoms with van der Waals surface area (Å²) in [5.41, 5.74) is 1.03. The first-order valence-corrected chi connectivity index (χ1v) is 10.5. The van der Waals surface area contributed by atoms with Gasteiger partial charge in [-0.15, -0.1) is 11.3 Å². The van der Waals surface area contributed by atoms with Crippen molar-refractivity contribution in [2.24, 2.45) is 5.92 Å². The van der Waals surface area contributed by atoms with E-state index >= 15 is 0 Å². The van der Waals surface area contributed by atoms with E-state index in [1.54, 1.807) is 29.5 Å². The van der Waals surface area contributed by atoms with Gasteiger partial charge >= 0.3 is 0 Å². The predicted molar refractivity (Wildman–Crippen MR) is 117 cm³/mol. The van der Waals surface area contributed by atoms with Crippen LogP contribution in [0.2, 0.25) is 0 Å². The highest BCUT2D eigenvalue weighted by atomic mass is 32.1. The van der Waals surface area contributed by atoms with Crippen LogP contribution < -0.4 is 10.6 Å². The number of nitrogens with zero attached hydrogens (tertiary/aromatic N) is 1. The number of aryl methyl sites for hydroxylation is 1. The standard InChI is InChI=1S/C22H31N3O2S/c1-15(2)12-23-22(27)19-8-6-7-9-20(19)24-21(26)14-25(16(3)4)13-18-11-10-17(5)28-18/h6-11,15-16H,12-14H2,1-5H3,(H,23,27)(H,24,26). The summed E-state index contributed by atoms with van der Waals surface area (Å²) in [6, 6.07) is 11.6. The maximum atomic E-state index is 12.7. The largest absolute Gasteiger partial charge is 0.352 e. The SMILES string of the molecule is Cc1ccc(CN(CC(=O)Nc2ccccc2C(=O)NCC(C)C)C(C)C)s1. The van der Waals surface area contributed by atoms with Gasteiger partial charge in [-0.05, 0) is 51.0 Å². The number of carbonyl (C=O) groups is 2. The van der Waals surface area contributed by atoms with Crippen molar-refractivity contribution in [1.29, 1.82) is 0 Å². The molecule has 0 aliphatic heterocycles. The van der Waals surface area contributed by atoms with Crippen LogP contribution in [-0.2, 0) is 11.3 Å². The third-order valence-electron chi connectivity index (χ3n) is 4.35. The molecule has 2 aromatic rings. The van der Waals surface area contributed by atoms with E-state index in [9.17, 15) is 9.59 Å². The van der Waals surface area contributed by atoms with Crippen molar-refractivity contribution in [3.8, 4) is 0 Å². The van der Waals surface area contributed by atoms with Crippen molar-refractivity contribution in [3.05, 3.63) is 51.7 Å². The topological polar surface area (TPSA) is 61.4 Å². The van der Waals surface area contributed by atoms with Crippen LogP contribution in [0, 0.1) is 12.8 Å². The maximum Gasteiger partial charge on any atom is 0.253 e. The number of thiophene rings is 1. The highest BCUT2D eigenvalue weighted by Crippen LogP contribution is 2.19. The number of benzene rings is 1. The molecular weight excluding hydrogens is 370 g/mol. The van der Waals surface area contributed by atoms with Crippen molar-refractivity contribution in [1.82, 2.24) is 10.2 Å². The Morgan fingerprint density at radius 3 is 2.39 bits per heavy atom. The van der Waals surface area contributed by atoms with Gasteiger partial charge in [-0.3, -0.25) is 14.5 Å². The van der Waals surface area contributed by atoms with Gasteiger partial charge in [0.2, 0.25) is 5.91 Å². The second kappa shape index (κ2) is 10.4. The second-order valence-corrected chi connectivity index (χ2v) is 9.08. The van der Waals surface area contributed by atoms with Crippen LogP contribution in [0.4, 0.5) is 5.69 Å². The molecule has 2 N–H and O–H groups in total. The molecule has 0 unspecified atom stereocenters. The number of carbonyl (C=O) groups excluding carboxylic acids is 2. The first kappa shape index (κ1) is 22.1. The Hall–Kier alpha value is -2.18. The van der Waals surface area contributed by atoms with Crippen molar-refractivity contribution >= 4 is 28.8 Å². The first-order valence-electron chi connectivity index (χ1n) is 9.72. The number of anilines is 1. The van der Waals surface area contributed by atoms with E-state index in [0.29, 0.717) is 23.7 Å². The second-order valence-electron chi connectivity index (χ2n) is 7.71. The number of amides is 2. The summed E-state index contributed by atoms with van der Waals surface area (Å²) in [7, 11) is 0. The van der Waals surface area contributed by atoms with Crippen molar-refractivity contribution in [2.45, 2.75) is 47.2 Å². The molecule has 1 heterocycles. The van der Waals surface area contributed by atoms with E-state index in [1.807, 2.05) is 19.9 Å². The molecule has 1 aromatic carbocycles. The zero-order valence-corrected chi connectivity index (χ0v) is 18.2. The molecule has 0 saturated heterocycles. The number of nitrogens with one attached hydrogen (secondary N) is 2. The third-order valence-corrected chi connectivity index (χ3v) is 5.33. The molecule has 28 heavy (non-hydrogen) atoms. The van der Waals surface area contributed by atoms with Crippen LogP contribution in [0.15, 0.2) is 36.4 Å². The van der Waals surface area contributed by atoms with Crippen LogP contribution in [-0.4, -0.2) is 35.8 Å². The summed E-state index contributed by atoms with van der Waals surface area (Å²) >= 11 is 1.75. The Labute approximate surface area is 172 Å². The molecule has 1 aromatic heterocycles. The van der Waals surface area contributed by atoms with Crippen molar-refractivity contribution < 1.29 is 9.59 Å². The summed E-state index contributed by atoms with van der Waals surface area (Å²) in [4.78, 5) is 29.8. The fraction of sp³-hybridized carbons (Fsp3) is 0.455. The minimum absolute atomic E-state index is 0.119. The summed E-state index contributed by atoms with van der Waals surface area (Å²) in [6.45, 7) is 12.0. The van der Waals surface area contributed by atoms with E-state index in [-0.39, 0.29) is 24.4 Å². The fourth-order valence-corrected chi connectivity index (χ4v) is 3.66. The van der Waals surface area contributed by atoms with Crippen LogP contribution in [0.3, 0.4) is 0 Å². The molecule has 0 aliphatic rings. The van der Waals surface area contributed by atoms with E-state index < -0.39 is 0 Å². The minimum atomic E-state index is -0.167. The van der Waals surface area contributed by atoms with Crippen LogP contribution in [0.5, 0.6) is 0 Å². The quantitative estimate of drug-likeness (QED) is 0.659. The molecule has 2 amide bonds. The van der Waals surface area contributed by atoms with Crippen LogP contribution >= 0.6 is 11.3 Å². The van der Waals surface area contributed by atoms with Gasteiger partial charge in [0, 0.05) is 28.9 Å². The van der Waals surface area contributed by atoms with E-state index in [2.05, 4.69) is 48.4 Å². The van der Waals surface area contributed by atoms with Gasteiger partial charge in [-0.1, -0.05) is 26.0 Å². The average Bonchev–Trinajstić information content (AvgIpc) is 3.04. The smallest absolute Gasteiger partial charge is 0.253 e. The molecule has 152 valence electrons. The Morgan fingerprint density at radius 2 is 1.79 bits per heavy atom. The third kappa shape index (κ3) is 6.77. The van der Waals surface area contributed by atoms with Gasteiger partial charge in [0.15, 0.2) is 0 Å². The average molecular weight is 402 g/mol. The van der Waals surface area contributed by atoms with Gasteiger partial charge in [0.05, 0.1) is 17.8 Å². The summed E-state index contributed by atoms with van der Waals surface area (Å²) in [6.07, 6.45) is 0. The zero-order chi connectivity index (χ0) is 20.7. The highest BCUT2D eigenvalue weighted by molar-refractivity contribution is 7.11. The number of rotatable bonds is 9. The minimum Gasteiger partial charge on any atom is -0.352 e. The number of para-hydroxylation sites is 1. The molecule has 6 heteroatoms. The van der Waals surface area contributed by atoms with Crippen molar-refractivity contribution in [2.75, 3.05) is 18.4 Å². The molecule has 0 radical (unpaired) electrons. The number of hydrogen-bond acceptors (Lipinski definition) is 4. The summed E-state index contributed by atoms with van der Waals surface area (Å²) < 4.78 is 0. The van der Waals surface area contributed by atoms with E-state index in [4.69, 9.17) is 0 Å². The zero-order valence-electron chi connectivity index (χ0n) is 17.4. The van der Waals surface area contributed by atoms with E-state index in [1.165, 1.54) is 9.75 Å². The summed E-state index contributed by atoms with van der Waals surface area (Å²) in [5, 5.41) is 5.82. The number of hydrogen-bond donors (Lipinski definition) is 2. The van der Waals surface area contributed by atoms with Gasteiger partial charge < -0.3 is 10.6 Å². The van der Waals surface area contributed by atoms with Gasteiger partial charge in [-0.2, -0.15) is 0 Å². The molecule has 0 saturated carbocycles. The monoisotopic (exact) mass is 401 g/mol. The van der Waals surface area contributed by atoms with Crippen LogP contribution in [0.1, 0.15) is 47.8 Å². The lowest BCUT2D eigenvalue weighted by Crippen LogP contribution is -2.37. The molecule has 0 atom stereocenters. The maximum absolute atomic E-state index is 12.7. The molecule has 0 bridgehead atoms. The summed E-state index contributed by atoms with van der Waals surface area (Å²) in [5.74, 6) is 0.0802. The van der Waals surface area contributed by atoms with Gasteiger partial charge in [0.25, 0.3) is 5.91 Å². The lowest BCUT2D eigenvalue weighted by atomic mass is 10.1. The Morgan fingerprint density at radius 1 is 1.07 bits per heavy atom. The Balaban J connectivity index is 2.03.